The fraction of sp³-hybridized carbons (Fsp3) is 0.250. The monoisotopic (exact) mass is 357 g/mol. The summed E-state index contributed by atoms with van der Waals surface area (Å²) in [6.45, 7) is 8.67. The second-order valence-corrected chi connectivity index (χ2v) is 7.56. The molecule has 2 N–H and O–H groups in total. The van der Waals surface area contributed by atoms with Crippen molar-refractivity contribution in [3.8, 4) is 0 Å². The second kappa shape index (κ2) is 7.18. The van der Waals surface area contributed by atoms with Crippen LogP contribution in [-0.4, -0.2) is 0 Å². The van der Waals surface area contributed by atoms with Gasteiger partial charge in [-0.05, 0) is 62.1 Å². The lowest BCUT2D eigenvalue weighted by Crippen LogP contribution is -2.30. The summed E-state index contributed by atoms with van der Waals surface area (Å²) in [5, 5.41) is 0. The number of nitrogens with zero attached hydrogens (tertiary/aromatic N) is 1. The van der Waals surface area contributed by atoms with E-state index in [1.807, 2.05) is 0 Å². The highest BCUT2D eigenvalue weighted by molar-refractivity contribution is 5.54. The van der Waals surface area contributed by atoms with Crippen LogP contribution in [0.15, 0.2) is 66.7 Å². The molecule has 3 heteroatoms. The zero-order valence-electron chi connectivity index (χ0n) is 16.5. The van der Waals surface area contributed by atoms with E-state index in [4.69, 9.17) is 0 Å². The zero-order chi connectivity index (χ0) is 19.0. The number of anilines is 1. The third-order valence-corrected chi connectivity index (χ3v) is 5.41. The maximum absolute atomic E-state index is 3.55. The highest BCUT2D eigenvalue weighted by Crippen LogP contribution is 2.38. The lowest BCUT2D eigenvalue weighted by molar-refractivity contribution is 0.553. The molecule has 0 radical (unpaired) electrons. The summed E-state index contributed by atoms with van der Waals surface area (Å²) in [5.74, 6) is 0. The molecule has 0 aromatic heterocycles. The van der Waals surface area contributed by atoms with E-state index in [0.29, 0.717) is 0 Å². The molecule has 1 heterocycles. The summed E-state index contributed by atoms with van der Waals surface area (Å²) in [7, 11) is 0. The third-order valence-electron chi connectivity index (χ3n) is 5.41. The minimum Gasteiger partial charge on any atom is -0.330 e. The van der Waals surface area contributed by atoms with Gasteiger partial charge < -0.3 is 4.90 Å². The van der Waals surface area contributed by atoms with Crippen LogP contribution in [-0.2, 0) is 0 Å². The first kappa shape index (κ1) is 17.8. The Labute approximate surface area is 162 Å². The second-order valence-electron chi connectivity index (χ2n) is 7.56. The topological polar surface area (TPSA) is 27.3 Å². The Morgan fingerprint density at radius 2 is 1.11 bits per heavy atom. The standard InChI is InChI=1S/C24H27N3/c1-16-10-12-21(18(3)14-16)23-25-26-24(22-13-11-17(2)15-19(22)4)27(23)20-8-6-5-7-9-20/h5-15,23-26H,1-4H3. The first-order chi connectivity index (χ1) is 13.0. The van der Waals surface area contributed by atoms with Gasteiger partial charge in [-0.1, -0.05) is 65.7 Å². The molecule has 3 aromatic rings. The molecule has 2 unspecified atom stereocenters. The Morgan fingerprint density at radius 3 is 1.56 bits per heavy atom. The van der Waals surface area contributed by atoms with Crippen molar-refractivity contribution < 1.29 is 0 Å². The third kappa shape index (κ3) is 3.36. The summed E-state index contributed by atoms with van der Waals surface area (Å²) in [4.78, 5) is 2.44. The molecule has 1 fully saturated rings. The molecule has 0 aliphatic carbocycles. The van der Waals surface area contributed by atoms with Gasteiger partial charge in [0.25, 0.3) is 0 Å². The smallest absolute Gasteiger partial charge is 0.120 e. The van der Waals surface area contributed by atoms with Crippen LogP contribution in [0.25, 0.3) is 0 Å². The van der Waals surface area contributed by atoms with Crippen molar-refractivity contribution >= 4 is 5.69 Å². The van der Waals surface area contributed by atoms with Gasteiger partial charge in [0, 0.05) is 5.69 Å². The number of nitrogens with one attached hydrogen (secondary N) is 2. The highest BCUT2D eigenvalue weighted by Gasteiger charge is 2.36. The van der Waals surface area contributed by atoms with E-state index >= 15 is 0 Å². The summed E-state index contributed by atoms with van der Waals surface area (Å²) >= 11 is 0. The van der Waals surface area contributed by atoms with Crippen LogP contribution in [0, 0.1) is 27.7 Å². The van der Waals surface area contributed by atoms with E-state index < -0.39 is 0 Å². The SMILES string of the molecule is Cc1ccc(C2NNC(c3ccc(C)cc3C)N2c2ccccc2)c(C)c1. The van der Waals surface area contributed by atoms with Crippen molar-refractivity contribution in [3.63, 3.8) is 0 Å². The van der Waals surface area contributed by atoms with Gasteiger partial charge in [0.15, 0.2) is 0 Å². The number of hydrogen-bond acceptors (Lipinski definition) is 3. The summed E-state index contributed by atoms with van der Waals surface area (Å²) in [6, 6.07) is 24.0. The normalized spacial score (nSPS) is 19.5. The van der Waals surface area contributed by atoms with Crippen LogP contribution in [0.2, 0.25) is 0 Å². The van der Waals surface area contributed by atoms with Crippen molar-refractivity contribution in [3.05, 3.63) is 100 Å². The fourth-order valence-corrected chi connectivity index (χ4v) is 4.06. The Morgan fingerprint density at radius 1 is 0.630 bits per heavy atom. The highest BCUT2D eigenvalue weighted by atomic mass is 15.6. The molecule has 0 spiro atoms. The predicted molar refractivity (Wildman–Crippen MR) is 113 cm³/mol. The van der Waals surface area contributed by atoms with Gasteiger partial charge in [-0.2, -0.15) is 0 Å². The summed E-state index contributed by atoms with van der Waals surface area (Å²) < 4.78 is 0. The van der Waals surface area contributed by atoms with E-state index in [1.165, 1.54) is 39.1 Å². The molecule has 0 amide bonds. The Bertz CT molecular complexity index is 890. The van der Waals surface area contributed by atoms with Gasteiger partial charge in [0.2, 0.25) is 0 Å². The van der Waals surface area contributed by atoms with Crippen LogP contribution >= 0.6 is 0 Å². The van der Waals surface area contributed by atoms with Crippen LogP contribution in [0.4, 0.5) is 5.69 Å². The quantitative estimate of drug-likeness (QED) is 0.672. The molecule has 0 bridgehead atoms. The zero-order valence-corrected chi connectivity index (χ0v) is 16.5. The maximum atomic E-state index is 3.55. The van der Waals surface area contributed by atoms with Crippen LogP contribution < -0.4 is 15.8 Å². The van der Waals surface area contributed by atoms with Gasteiger partial charge in [-0.15, -0.1) is 0 Å². The molecule has 1 aliphatic heterocycles. The van der Waals surface area contributed by atoms with Crippen LogP contribution in [0.3, 0.4) is 0 Å². The maximum Gasteiger partial charge on any atom is 0.120 e. The molecule has 3 nitrogen and oxygen atoms in total. The minimum absolute atomic E-state index is 0.0682. The van der Waals surface area contributed by atoms with Gasteiger partial charge in [-0.3, -0.25) is 0 Å². The molecular weight excluding hydrogens is 330 g/mol. The lowest BCUT2D eigenvalue weighted by atomic mass is 10.00. The van der Waals surface area contributed by atoms with Crippen molar-refractivity contribution in [2.75, 3.05) is 4.90 Å². The first-order valence-electron chi connectivity index (χ1n) is 9.53. The Balaban J connectivity index is 1.81. The summed E-state index contributed by atoms with van der Waals surface area (Å²) in [6.07, 6.45) is 0.136. The first-order valence-corrected chi connectivity index (χ1v) is 9.53. The van der Waals surface area contributed by atoms with Crippen LogP contribution in [0.5, 0.6) is 0 Å². The average Bonchev–Trinajstić information content (AvgIpc) is 3.07. The molecule has 1 aliphatic rings. The van der Waals surface area contributed by atoms with Crippen LogP contribution in [0.1, 0.15) is 45.7 Å². The van der Waals surface area contributed by atoms with Gasteiger partial charge >= 0.3 is 0 Å². The minimum atomic E-state index is 0.0682. The summed E-state index contributed by atoms with van der Waals surface area (Å²) in [5.41, 5.74) is 16.1. The van der Waals surface area contributed by atoms with Gasteiger partial charge in [-0.25, -0.2) is 10.9 Å². The van der Waals surface area contributed by atoms with Crippen molar-refractivity contribution in [2.24, 2.45) is 0 Å². The molecule has 2 atom stereocenters. The largest absolute Gasteiger partial charge is 0.330 e. The molecule has 138 valence electrons. The number of aryl methyl sites for hydroxylation is 4. The average molecular weight is 358 g/mol. The number of hydrogen-bond donors (Lipinski definition) is 2. The van der Waals surface area contributed by atoms with E-state index in [-0.39, 0.29) is 12.3 Å². The predicted octanol–water partition coefficient (Wildman–Crippen LogP) is 5.23. The Hall–Kier alpha value is -2.62. The molecule has 3 aromatic carbocycles. The lowest BCUT2D eigenvalue weighted by Gasteiger charge is -2.32. The van der Waals surface area contributed by atoms with Crippen molar-refractivity contribution in [1.82, 2.24) is 10.9 Å². The number of benzene rings is 3. The number of rotatable bonds is 3. The van der Waals surface area contributed by atoms with Crippen molar-refractivity contribution in [1.29, 1.82) is 0 Å². The van der Waals surface area contributed by atoms with Gasteiger partial charge in [0.1, 0.15) is 12.3 Å². The molecular formula is C24H27N3. The van der Waals surface area contributed by atoms with Gasteiger partial charge in [0.05, 0.1) is 0 Å². The van der Waals surface area contributed by atoms with E-state index in [2.05, 4.69) is 110 Å². The fourth-order valence-electron chi connectivity index (χ4n) is 4.06. The number of para-hydroxylation sites is 1. The van der Waals surface area contributed by atoms with E-state index in [9.17, 15) is 0 Å². The molecule has 27 heavy (non-hydrogen) atoms. The van der Waals surface area contributed by atoms with E-state index in [0.717, 1.165) is 0 Å². The number of hydrazine groups is 1. The van der Waals surface area contributed by atoms with Crippen molar-refractivity contribution in [2.45, 2.75) is 40.0 Å². The van der Waals surface area contributed by atoms with E-state index in [1.54, 1.807) is 0 Å². The molecule has 1 saturated heterocycles. The Kier molecular flexibility index (Phi) is 4.73. The molecule has 4 rings (SSSR count). The molecule has 0 saturated carbocycles.